The first-order chi connectivity index (χ1) is 13.0. The van der Waals surface area contributed by atoms with E-state index < -0.39 is 0 Å². The Morgan fingerprint density at radius 2 is 2.07 bits per heavy atom. The van der Waals surface area contributed by atoms with E-state index in [2.05, 4.69) is 32.4 Å². The topological polar surface area (TPSA) is 59.9 Å². The Labute approximate surface area is 165 Å². The predicted molar refractivity (Wildman–Crippen MR) is 105 cm³/mol. The van der Waals surface area contributed by atoms with Crippen LogP contribution < -0.4 is 14.9 Å². The van der Waals surface area contributed by atoms with Crippen LogP contribution in [0.25, 0.3) is 0 Å². The highest BCUT2D eigenvalue weighted by atomic mass is 79.9. The van der Waals surface area contributed by atoms with Gasteiger partial charge in [0.05, 0.1) is 23.7 Å². The number of carbonyl (C=O) groups excluding carboxylic acids is 1. The molecule has 0 saturated heterocycles. The van der Waals surface area contributed by atoms with Crippen LogP contribution in [0.15, 0.2) is 46.0 Å². The van der Waals surface area contributed by atoms with Crippen LogP contribution in [-0.2, 0) is 11.2 Å². The second kappa shape index (κ2) is 10.3. The number of amides is 1. The molecule has 0 aliphatic carbocycles. The standard InChI is InChI=1S/C20H18BrFN2O3/c1-3-9-27-20-17(21)10-15(11-18(20)26-4-2)13-23-24-19(25)12-14-5-7-16(22)8-6-14/h1,5-8,10-11,13H,4,9,12H2,2H3,(H,24,25)/b23-13+. The first-order valence-electron chi connectivity index (χ1n) is 8.12. The summed E-state index contributed by atoms with van der Waals surface area (Å²) in [6, 6.07) is 9.22. The van der Waals surface area contributed by atoms with E-state index in [9.17, 15) is 9.18 Å². The third-order valence-electron chi connectivity index (χ3n) is 3.31. The fraction of sp³-hybridized carbons (Fsp3) is 0.200. The highest BCUT2D eigenvalue weighted by Crippen LogP contribution is 2.36. The average molecular weight is 433 g/mol. The molecule has 5 nitrogen and oxygen atoms in total. The zero-order chi connectivity index (χ0) is 19.6. The number of nitrogens with one attached hydrogen (secondary N) is 1. The molecule has 0 heterocycles. The molecule has 140 valence electrons. The maximum atomic E-state index is 12.9. The molecule has 0 spiro atoms. The number of halogens is 2. The Bertz CT molecular complexity index is 861. The number of rotatable bonds is 8. The molecule has 2 aromatic rings. The quantitative estimate of drug-likeness (QED) is 0.393. The van der Waals surface area contributed by atoms with Crippen molar-refractivity contribution in [3.8, 4) is 23.8 Å². The maximum absolute atomic E-state index is 12.9. The molecule has 2 aromatic carbocycles. The summed E-state index contributed by atoms with van der Waals surface area (Å²) in [5.41, 5.74) is 3.83. The van der Waals surface area contributed by atoms with Crippen molar-refractivity contribution in [3.05, 3.63) is 57.8 Å². The minimum absolute atomic E-state index is 0.102. The highest BCUT2D eigenvalue weighted by molar-refractivity contribution is 9.10. The largest absolute Gasteiger partial charge is 0.490 e. The van der Waals surface area contributed by atoms with Gasteiger partial charge in [-0.05, 0) is 58.2 Å². The zero-order valence-corrected chi connectivity index (χ0v) is 16.3. The van der Waals surface area contributed by atoms with Gasteiger partial charge in [0.15, 0.2) is 11.5 Å². The van der Waals surface area contributed by atoms with Crippen molar-refractivity contribution in [2.24, 2.45) is 5.10 Å². The van der Waals surface area contributed by atoms with Gasteiger partial charge in [0.25, 0.3) is 0 Å². The summed E-state index contributed by atoms with van der Waals surface area (Å²) in [7, 11) is 0. The van der Waals surface area contributed by atoms with E-state index in [0.29, 0.717) is 33.7 Å². The summed E-state index contributed by atoms with van der Waals surface area (Å²) in [6.07, 6.45) is 6.81. The summed E-state index contributed by atoms with van der Waals surface area (Å²) < 4.78 is 24.6. The third kappa shape index (κ3) is 6.42. The Balaban J connectivity index is 2.03. The minimum atomic E-state index is -0.345. The lowest BCUT2D eigenvalue weighted by molar-refractivity contribution is -0.120. The van der Waals surface area contributed by atoms with Crippen LogP contribution in [0.3, 0.4) is 0 Å². The van der Waals surface area contributed by atoms with Crippen LogP contribution in [0.2, 0.25) is 0 Å². The van der Waals surface area contributed by atoms with E-state index in [4.69, 9.17) is 15.9 Å². The van der Waals surface area contributed by atoms with Crippen LogP contribution in [0, 0.1) is 18.2 Å². The van der Waals surface area contributed by atoms with E-state index in [0.717, 1.165) is 0 Å². The van der Waals surface area contributed by atoms with Crippen molar-refractivity contribution in [1.29, 1.82) is 0 Å². The van der Waals surface area contributed by atoms with Gasteiger partial charge in [-0.3, -0.25) is 4.79 Å². The molecule has 1 amide bonds. The molecule has 0 unspecified atom stereocenters. The Morgan fingerprint density at radius 3 is 2.74 bits per heavy atom. The van der Waals surface area contributed by atoms with E-state index in [1.807, 2.05) is 6.92 Å². The summed E-state index contributed by atoms with van der Waals surface area (Å²) in [4.78, 5) is 11.9. The molecule has 2 rings (SSSR count). The maximum Gasteiger partial charge on any atom is 0.244 e. The first-order valence-corrected chi connectivity index (χ1v) is 8.91. The predicted octanol–water partition coefficient (Wildman–Crippen LogP) is 3.69. The molecule has 0 atom stereocenters. The van der Waals surface area contributed by atoms with Crippen molar-refractivity contribution in [2.45, 2.75) is 13.3 Å². The van der Waals surface area contributed by atoms with Crippen molar-refractivity contribution in [3.63, 3.8) is 0 Å². The van der Waals surface area contributed by atoms with Crippen LogP contribution >= 0.6 is 15.9 Å². The van der Waals surface area contributed by atoms with Crippen molar-refractivity contribution in [1.82, 2.24) is 5.43 Å². The zero-order valence-electron chi connectivity index (χ0n) is 14.7. The lowest BCUT2D eigenvalue weighted by Crippen LogP contribution is -2.19. The fourth-order valence-electron chi connectivity index (χ4n) is 2.19. The van der Waals surface area contributed by atoms with Gasteiger partial charge in [-0.2, -0.15) is 5.10 Å². The molecule has 0 aliphatic heterocycles. The number of hydrazone groups is 1. The van der Waals surface area contributed by atoms with E-state index in [-0.39, 0.29) is 24.8 Å². The van der Waals surface area contributed by atoms with Crippen LogP contribution in [-0.4, -0.2) is 25.3 Å². The number of hydrogen-bond donors (Lipinski definition) is 1. The molecule has 0 saturated carbocycles. The molecule has 0 radical (unpaired) electrons. The number of carbonyl (C=O) groups is 1. The van der Waals surface area contributed by atoms with Crippen molar-refractivity contribution in [2.75, 3.05) is 13.2 Å². The molecule has 0 aliphatic rings. The lowest BCUT2D eigenvalue weighted by atomic mass is 10.1. The second-order valence-corrected chi connectivity index (χ2v) is 6.21. The fourth-order valence-corrected chi connectivity index (χ4v) is 2.76. The first kappa shape index (κ1) is 20.5. The molecule has 7 heteroatoms. The van der Waals surface area contributed by atoms with E-state index in [1.165, 1.54) is 18.3 Å². The van der Waals surface area contributed by atoms with Gasteiger partial charge in [0.2, 0.25) is 5.91 Å². The number of hydrogen-bond acceptors (Lipinski definition) is 4. The normalized spacial score (nSPS) is 10.4. The molecule has 0 fully saturated rings. The SMILES string of the molecule is C#CCOc1c(Br)cc(/C=N/NC(=O)Cc2ccc(F)cc2)cc1OCC. The van der Waals surface area contributed by atoms with Crippen LogP contribution in [0.4, 0.5) is 4.39 Å². The van der Waals surface area contributed by atoms with Gasteiger partial charge in [-0.1, -0.05) is 18.1 Å². The van der Waals surface area contributed by atoms with Gasteiger partial charge >= 0.3 is 0 Å². The summed E-state index contributed by atoms with van der Waals surface area (Å²) in [5, 5.41) is 3.94. The Morgan fingerprint density at radius 1 is 1.33 bits per heavy atom. The molecule has 0 aromatic heterocycles. The number of ether oxygens (including phenoxy) is 2. The summed E-state index contributed by atoms with van der Waals surface area (Å²) >= 11 is 3.42. The summed E-state index contributed by atoms with van der Waals surface area (Å²) in [6.45, 7) is 2.43. The monoisotopic (exact) mass is 432 g/mol. The van der Waals surface area contributed by atoms with Gasteiger partial charge in [-0.15, -0.1) is 6.42 Å². The smallest absolute Gasteiger partial charge is 0.244 e. The Kier molecular flexibility index (Phi) is 7.83. The van der Waals surface area contributed by atoms with Gasteiger partial charge in [0, 0.05) is 0 Å². The van der Waals surface area contributed by atoms with Crippen LogP contribution in [0.5, 0.6) is 11.5 Å². The van der Waals surface area contributed by atoms with Gasteiger partial charge < -0.3 is 9.47 Å². The molecular weight excluding hydrogens is 415 g/mol. The highest BCUT2D eigenvalue weighted by Gasteiger charge is 2.11. The number of nitrogens with zero attached hydrogens (tertiary/aromatic N) is 1. The molecular formula is C20H18BrFN2O3. The molecule has 27 heavy (non-hydrogen) atoms. The Hall–Kier alpha value is -2.85. The molecule has 1 N–H and O–H groups in total. The van der Waals surface area contributed by atoms with Crippen LogP contribution in [0.1, 0.15) is 18.1 Å². The van der Waals surface area contributed by atoms with E-state index in [1.54, 1.807) is 24.3 Å². The lowest BCUT2D eigenvalue weighted by Gasteiger charge is -2.13. The average Bonchev–Trinajstić information content (AvgIpc) is 2.63. The summed E-state index contributed by atoms with van der Waals surface area (Å²) in [5.74, 6) is 2.77. The third-order valence-corrected chi connectivity index (χ3v) is 3.90. The number of benzene rings is 2. The second-order valence-electron chi connectivity index (χ2n) is 5.35. The van der Waals surface area contributed by atoms with Gasteiger partial charge in [0.1, 0.15) is 12.4 Å². The van der Waals surface area contributed by atoms with Gasteiger partial charge in [-0.25, -0.2) is 9.82 Å². The minimum Gasteiger partial charge on any atom is -0.490 e. The molecule has 0 bridgehead atoms. The van der Waals surface area contributed by atoms with Crippen molar-refractivity contribution >= 4 is 28.1 Å². The van der Waals surface area contributed by atoms with Crippen molar-refractivity contribution < 1.29 is 18.7 Å². The van der Waals surface area contributed by atoms with E-state index >= 15 is 0 Å². The number of terminal acetylenes is 1.